The number of rotatable bonds is 8. The first-order chi connectivity index (χ1) is 14.6. The molecule has 0 bridgehead atoms. The van der Waals surface area contributed by atoms with Crippen LogP contribution in [0.4, 0.5) is 0 Å². The van der Waals surface area contributed by atoms with Gasteiger partial charge in [-0.05, 0) is 52.2 Å². The molecule has 1 atom stereocenters. The van der Waals surface area contributed by atoms with E-state index in [0.29, 0.717) is 31.8 Å². The van der Waals surface area contributed by atoms with Gasteiger partial charge in [0.2, 0.25) is 0 Å². The number of nitrogens with zero attached hydrogens (tertiary/aromatic N) is 2. The zero-order chi connectivity index (χ0) is 22.6. The van der Waals surface area contributed by atoms with E-state index >= 15 is 0 Å². The highest BCUT2D eigenvalue weighted by Gasteiger charge is 2.25. The first-order valence-electron chi connectivity index (χ1n) is 10.8. The Morgan fingerprint density at radius 1 is 1.29 bits per heavy atom. The van der Waals surface area contributed by atoms with Crippen molar-refractivity contribution in [3.8, 4) is 5.75 Å². The molecule has 0 aliphatic carbocycles. The number of aliphatic carboxylic acids is 1. The van der Waals surface area contributed by atoms with Crippen molar-refractivity contribution in [1.82, 2.24) is 9.55 Å². The van der Waals surface area contributed by atoms with Crippen LogP contribution < -0.4 is 4.74 Å². The molecule has 2 aromatic rings. The van der Waals surface area contributed by atoms with Crippen molar-refractivity contribution in [3.05, 3.63) is 24.0 Å². The molecule has 1 aliphatic rings. The maximum atomic E-state index is 12.4. The molecule has 0 amide bonds. The van der Waals surface area contributed by atoms with E-state index in [0.717, 1.165) is 29.7 Å². The van der Waals surface area contributed by atoms with Gasteiger partial charge in [-0.2, -0.15) is 0 Å². The monoisotopic (exact) mass is 432 g/mol. The second-order valence-electron chi connectivity index (χ2n) is 9.05. The van der Waals surface area contributed by atoms with Crippen molar-refractivity contribution in [2.45, 2.75) is 65.0 Å². The highest BCUT2D eigenvalue weighted by Crippen LogP contribution is 2.31. The number of carbonyl (C=O) groups is 2. The van der Waals surface area contributed by atoms with Gasteiger partial charge in [0.1, 0.15) is 17.2 Å². The molecule has 8 heteroatoms. The summed E-state index contributed by atoms with van der Waals surface area (Å²) in [7, 11) is 0. The molecule has 1 aromatic heterocycles. The van der Waals surface area contributed by atoms with Crippen molar-refractivity contribution in [1.29, 1.82) is 0 Å². The topological polar surface area (TPSA) is 99.9 Å². The molecule has 0 saturated carbocycles. The Bertz CT molecular complexity index is 924. The SMILES string of the molecule is CC(CCc1nc2ccc(OCC(=O)O)cc2n1C1CCOCC1)C(=O)OC(C)(C)C. The molecule has 1 unspecified atom stereocenters. The molecule has 1 N–H and O–H groups in total. The average molecular weight is 433 g/mol. The van der Waals surface area contributed by atoms with Crippen LogP contribution in [0.2, 0.25) is 0 Å². The summed E-state index contributed by atoms with van der Waals surface area (Å²) in [5.41, 5.74) is 1.23. The highest BCUT2D eigenvalue weighted by atomic mass is 16.6. The van der Waals surface area contributed by atoms with Gasteiger partial charge in [0.15, 0.2) is 6.61 Å². The molecular weight excluding hydrogens is 400 g/mol. The summed E-state index contributed by atoms with van der Waals surface area (Å²) in [5, 5.41) is 8.89. The number of carboxylic acids is 1. The average Bonchev–Trinajstić information content (AvgIpc) is 3.07. The number of esters is 1. The quantitative estimate of drug-likeness (QED) is 0.634. The van der Waals surface area contributed by atoms with Crippen LogP contribution in [0.15, 0.2) is 18.2 Å². The fourth-order valence-corrected chi connectivity index (χ4v) is 3.75. The molecule has 31 heavy (non-hydrogen) atoms. The largest absolute Gasteiger partial charge is 0.482 e. The van der Waals surface area contributed by atoms with Crippen LogP contribution in [0.25, 0.3) is 11.0 Å². The molecular formula is C23H32N2O6. The predicted molar refractivity (Wildman–Crippen MR) is 115 cm³/mol. The van der Waals surface area contributed by atoms with Gasteiger partial charge in [-0.15, -0.1) is 0 Å². The van der Waals surface area contributed by atoms with Crippen molar-refractivity contribution in [2.24, 2.45) is 5.92 Å². The van der Waals surface area contributed by atoms with E-state index in [1.165, 1.54) is 0 Å². The summed E-state index contributed by atoms with van der Waals surface area (Å²) in [6.45, 7) is 8.47. The minimum absolute atomic E-state index is 0.203. The van der Waals surface area contributed by atoms with Crippen molar-refractivity contribution < 1.29 is 28.9 Å². The van der Waals surface area contributed by atoms with Crippen LogP contribution in [-0.2, 0) is 25.5 Å². The third-order valence-electron chi connectivity index (χ3n) is 5.26. The molecule has 1 aromatic carbocycles. The Labute approximate surface area is 182 Å². The summed E-state index contributed by atoms with van der Waals surface area (Å²) in [4.78, 5) is 28.1. The number of hydrogen-bond acceptors (Lipinski definition) is 6. The number of carboxylic acid groups (broad SMARTS) is 1. The lowest BCUT2D eigenvalue weighted by Gasteiger charge is -2.26. The minimum atomic E-state index is -1.02. The van der Waals surface area contributed by atoms with Crippen LogP contribution in [0.1, 0.15) is 58.8 Å². The summed E-state index contributed by atoms with van der Waals surface area (Å²) in [5.74, 6) is -0.0541. The normalized spacial score (nSPS) is 16.3. The number of fused-ring (bicyclic) bond motifs is 1. The Balaban J connectivity index is 1.85. The fraction of sp³-hybridized carbons (Fsp3) is 0.609. The number of imidazole rings is 1. The zero-order valence-electron chi connectivity index (χ0n) is 18.7. The van der Waals surface area contributed by atoms with E-state index in [2.05, 4.69) is 4.57 Å². The number of ether oxygens (including phenoxy) is 3. The van der Waals surface area contributed by atoms with Gasteiger partial charge in [-0.1, -0.05) is 6.92 Å². The lowest BCUT2D eigenvalue weighted by Crippen LogP contribution is -2.28. The molecule has 8 nitrogen and oxygen atoms in total. The van der Waals surface area contributed by atoms with Crippen LogP contribution >= 0.6 is 0 Å². The van der Waals surface area contributed by atoms with Crippen LogP contribution in [0.5, 0.6) is 5.75 Å². The first kappa shape index (κ1) is 23.1. The number of benzene rings is 1. The van der Waals surface area contributed by atoms with Gasteiger partial charge in [0.25, 0.3) is 0 Å². The van der Waals surface area contributed by atoms with Crippen molar-refractivity contribution in [2.75, 3.05) is 19.8 Å². The fourth-order valence-electron chi connectivity index (χ4n) is 3.75. The van der Waals surface area contributed by atoms with Crippen LogP contribution in [0, 0.1) is 5.92 Å². The number of aromatic nitrogens is 2. The van der Waals surface area contributed by atoms with E-state index in [1.807, 2.05) is 39.8 Å². The maximum Gasteiger partial charge on any atom is 0.341 e. The minimum Gasteiger partial charge on any atom is -0.482 e. The summed E-state index contributed by atoms with van der Waals surface area (Å²) in [6.07, 6.45) is 3.02. The maximum absolute atomic E-state index is 12.4. The standard InChI is InChI=1S/C23H32N2O6/c1-15(22(28)31-23(2,3)4)5-8-20-24-18-7-6-17(30-14-21(26)27)13-19(18)25(20)16-9-11-29-12-10-16/h6-7,13,15-16H,5,8-12,14H2,1-4H3,(H,26,27). The van der Waals surface area contributed by atoms with Gasteiger partial charge in [0.05, 0.1) is 17.0 Å². The Hall–Kier alpha value is -2.61. The van der Waals surface area contributed by atoms with Crippen molar-refractivity contribution in [3.63, 3.8) is 0 Å². The number of hydrogen-bond donors (Lipinski definition) is 1. The van der Waals surface area contributed by atoms with Gasteiger partial charge in [0, 0.05) is 31.7 Å². The van der Waals surface area contributed by atoms with E-state index in [-0.39, 0.29) is 17.9 Å². The van der Waals surface area contributed by atoms with E-state index in [1.54, 1.807) is 6.07 Å². The molecule has 1 saturated heterocycles. The number of aryl methyl sites for hydroxylation is 1. The lowest BCUT2D eigenvalue weighted by atomic mass is 10.0. The smallest absolute Gasteiger partial charge is 0.341 e. The third-order valence-corrected chi connectivity index (χ3v) is 5.26. The molecule has 0 radical (unpaired) electrons. The summed E-state index contributed by atoms with van der Waals surface area (Å²) in [6, 6.07) is 5.67. The second-order valence-corrected chi connectivity index (χ2v) is 9.05. The van der Waals surface area contributed by atoms with E-state index in [4.69, 9.17) is 24.3 Å². The van der Waals surface area contributed by atoms with Gasteiger partial charge in [-0.25, -0.2) is 9.78 Å². The molecule has 2 heterocycles. The Morgan fingerprint density at radius 3 is 2.65 bits per heavy atom. The van der Waals surface area contributed by atoms with Crippen LogP contribution in [0.3, 0.4) is 0 Å². The Kier molecular flexibility index (Phi) is 7.20. The summed E-state index contributed by atoms with van der Waals surface area (Å²) >= 11 is 0. The molecule has 3 rings (SSSR count). The highest BCUT2D eigenvalue weighted by molar-refractivity contribution is 5.78. The van der Waals surface area contributed by atoms with Crippen molar-refractivity contribution >= 4 is 23.0 Å². The lowest BCUT2D eigenvalue weighted by molar-refractivity contribution is -0.159. The number of carbonyl (C=O) groups excluding carboxylic acids is 1. The third kappa shape index (κ3) is 6.19. The Morgan fingerprint density at radius 2 is 2.00 bits per heavy atom. The molecule has 1 fully saturated rings. The van der Waals surface area contributed by atoms with Gasteiger partial charge in [-0.3, -0.25) is 4.79 Å². The predicted octanol–water partition coefficient (Wildman–Crippen LogP) is 3.76. The van der Waals surface area contributed by atoms with Gasteiger partial charge >= 0.3 is 11.9 Å². The second kappa shape index (κ2) is 9.68. The molecule has 170 valence electrons. The zero-order valence-corrected chi connectivity index (χ0v) is 18.7. The first-order valence-corrected chi connectivity index (χ1v) is 10.8. The van der Waals surface area contributed by atoms with Crippen LogP contribution in [-0.4, -0.2) is 52.0 Å². The molecule has 1 aliphatic heterocycles. The van der Waals surface area contributed by atoms with E-state index < -0.39 is 18.2 Å². The van der Waals surface area contributed by atoms with E-state index in [9.17, 15) is 9.59 Å². The molecule has 0 spiro atoms. The van der Waals surface area contributed by atoms with Gasteiger partial charge < -0.3 is 23.9 Å². The summed E-state index contributed by atoms with van der Waals surface area (Å²) < 4.78 is 18.6.